The van der Waals surface area contributed by atoms with Gasteiger partial charge in [0.05, 0.1) is 7.11 Å². The van der Waals surface area contributed by atoms with Crippen molar-refractivity contribution in [1.82, 2.24) is 15.5 Å². The van der Waals surface area contributed by atoms with Crippen LogP contribution in [0.15, 0.2) is 77.2 Å². The van der Waals surface area contributed by atoms with Crippen LogP contribution in [0, 0.1) is 6.92 Å². The summed E-state index contributed by atoms with van der Waals surface area (Å²) in [7, 11) is 1.66. The maximum absolute atomic E-state index is 13.0. The molecule has 5 rings (SSSR count). The van der Waals surface area contributed by atoms with Crippen LogP contribution in [0.3, 0.4) is 0 Å². The minimum atomic E-state index is -0.171. The molecular formula is C29H29N3O4. The largest absolute Gasteiger partial charge is 0.497 e. The first kappa shape index (κ1) is 23.8. The van der Waals surface area contributed by atoms with Gasteiger partial charge in [0.2, 0.25) is 11.8 Å². The van der Waals surface area contributed by atoms with E-state index in [2.05, 4.69) is 27.6 Å². The van der Waals surface area contributed by atoms with Gasteiger partial charge in [-0.05, 0) is 73.9 Å². The highest BCUT2D eigenvalue weighted by molar-refractivity contribution is 5.94. The number of aryl methyl sites for hydroxylation is 1. The second kappa shape index (κ2) is 10.3. The zero-order chi connectivity index (χ0) is 25.0. The number of hydrogen-bond donors (Lipinski definition) is 1. The second-order valence-corrected chi connectivity index (χ2v) is 9.16. The summed E-state index contributed by atoms with van der Waals surface area (Å²) in [4.78, 5) is 13.0. The molecule has 3 aromatic carbocycles. The molecule has 4 aromatic rings. The van der Waals surface area contributed by atoms with E-state index in [1.807, 2.05) is 55.5 Å². The maximum atomic E-state index is 13.0. The molecule has 1 aliphatic rings. The molecule has 2 heterocycles. The summed E-state index contributed by atoms with van der Waals surface area (Å²) in [6.45, 7) is 3.90. The number of rotatable bonds is 7. The third-order valence-electron chi connectivity index (χ3n) is 6.82. The van der Waals surface area contributed by atoms with E-state index in [1.54, 1.807) is 19.2 Å². The van der Waals surface area contributed by atoms with Gasteiger partial charge in [0.25, 0.3) is 5.91 Å². The number of amides is 1. The molecule has 1 aliphatic heterocycles. The smallest absolute Gasteiger partial charge is 0.251 e. The van der Waals surface area contributed by atoms with Crippen LogP contribution < -0.4 is 10.1 Å². The Bertz CT molecular complexity index is 1320. The molecule has 0 radical (unpaired) electrons. The number of methoxy groups -OCH3 is 1. The normalized spacial score (nSPS) is 14.8. The Balaban J connectivity index is 1.27. The lowest BCUT2D eigenvalue weighted by Crippen LogP contribution is -2.44. The molecule has 1 N–H and O–H groups in total. The van der Waals surface area contributed by atoms with Crippen LogP contribution in [-0.4, -0.2) is 43.0 Å². The average Bonchev–Trinajstić information content (AvgIpc) is 3.43. The van der Waals surface area contributed by atoms with Gasteiger partial charge in [-0.3, -0.25) is 4.79 Å². The van der Waals surface area contributed by atoms with E-state index in [4.69, 9.17) is 13.9 Å². The van der Waals surface area contributed by atoms with E-state index >= 15 is 0 Å². The molecule has 184 valence electrons. The minimum Gasteiger partial charge on any atom is -0.497 e. The lowest BCUT2D eigenvalue weighted by atomic mass is 9.74. The zero-order valence-corrected chi connectivity index (χ0v) is 20.5. The van der Waals surface area contributed by atoms with Crippen molar-refractivity contribution in [2.45, 2.75) is 25.2 Å². The SMILES string of the molecule is COc1ccc(C2(CNC(=O)c3ccc(-c4nnc(-c5cccc(C)c5)o4)cc3)CCOCC2)cc1. The van der Waals surface area contributed by atoms with Gasteiger partial charge in [0.1, 0.15) is 5.75 Å². The van der Waals surface area contributed by atoms with Crippen molar-refractivity contribution >= 4 is 5.91 Å². The van der Waals surface area contributed by atoms with Gasteiger partial charge in [0.15, 0.2) is 0 Å². The first-order valence-corrected chi connectivity index (χ1v) is 12.1. The first-order valence-electron chi connectivity index (χ1n) is 12.1. The molecule has 0 aliphatic carbocycles. The van der Waals surface area contributed by atoms with Crippen molar-refractivity contribution in [2.75, 3.05) is 26.9 Å². The molecule has 0 unspecified atom stereocenters. The van der Waals surface area contributed by atoms with E-state index in [1.165, 1.54) is 5.56 Å². The summed E-state index contributed by atoms with van der Waals surface area (Å²) in [6.07, 6.45) is 1.69. The number of nitrogens with zero attached hydrogens (tertiary/aromatic N) is 2. The maximum Gasteiger partial charge on any atom is 0.251 e. The molecule has 1 aromatic heterocycles. The number of carbonyl (C=O) groups is 1. The van der Waals surface area contributed by atoms with Crippen LogP contribution in [-0.2, 0) is 10.2 Å². The summed E-state index contributed by atoms with van der Waals surface area (Å²) in [5.41, 5.74) is 4.35. The Morgan fingerprint density at radius 3 is 2.31 bits per heavy atom. The van der Waals surface area contributed by atoms with Gasteiger partial charge < -0.3 is 19.2 Å². The number of hydrogen-bond acceptors (Lipinski definition) is 6. The van der Waals surface area contributed by atoms with E-state index < -0.39 is 0 Å². The Morgan fingerprint density at radius 1 is 0.944 bits per heavy atom. The second-order valence-electron chi connectivity index (χ2n) is 9.16. The lowest BCUT2D eigenvalue weighted by Gasteiger charge is -2.38. The Morgan fingerprint density at radius 2 is 1.64 bits per heavy atom. The fraction of sp³-hybridized carbons (Fsp3) is 0.276. The summed E-state index contributed by atoms with van der Waals surface area (Å²) in [6, 6.07) is 23.2. The number of nitrogens with one attached hydrogen (secondary N) is 1. The predicted octanol–water partition coefficient (Wildman–Crippen LogP) is 5.20. The number of carbonyl (C=O) groups excluding carboxylic acids is 1. The Hall–Kier alpha value is -3.97. The standard InChI is InChI=1S/C29H29N3O4/c1-20-4-3-5-23(18-20)28-32-31-27(36-28)22-8-6-21(7-9-22)26(33)30-19-29(14-16-35-17-15-29)24-10-12-25(34-2)13-11-24/h3-13,18H,14-17,19H2,1-2H3,(H,30,33). The van der Waals surface area contributed by atoms with Gasteiger partial charge in [-0.15, -0.1) is 10.2 Å². The predicted molar refractivity (Wildman–Crippen MR) is 137 cm³/mol. The van der Waals surface area contributed by atoms with E-state index in [-0.39, 0.29) is 11.3 Å². The summed E-state index contributed by atoms with van der Waals surface area (Å²) in [5, 5.41) is 11.5. The van der Waals surface area contributed by atoms with Gasteiger partial charge in [-0.2, -0.15) is 0 Å². The monoisotopic (exact) mass is 483 g/mol. The topological polar surface area (TPSA) is 86.5 Å². The van der Waals surface area contributed by atoms with Crippen LogP contribution in [0.25, 0.3) is 22.9 Å². The summed E-state index contributed by atoms with van der Waals surface area (Å²) in [5.74, 6) is 1.58. The third kappa shape index (κ3) is 5.02. The quantitative estimate of drug-likeness (QED) is 0.389. The Kier molecular flexibility index (Phi) is 6.82. The van der Waals surface area contributed by atoms with Crippen LogP contribution in [0.1, 0.15) is 34.3 Å². The number of benzene rings is 3. The van der Waals surface area contributed by atoms with E-state index in [0.717, 1.165) is 35.3 Å². The fourth-order valence-corrected chi connectivity index (χ4v) is 4.62. The number of aromatic nitrogens is 2. The van der Waals surface area contributed by atoms with Crippen molar-refractivity contribution in [3.63, 3.8) is 0 Å². The molecule has 0 bridgehead atoms. The zero-order valence-electron chi connectivity index (χ0n) is 20.5. The third-order valence-corrected chi connectivity index (χ3v) is 6.82. The van der Waals surface area contributed by atoms with Gasteiger partial charge in [-0.25, -0.2) is 0 Å². The first-order chi connectivity index (χ1) is 17.6. The van der Waals surface area contributed by atoms with Crippen LogP contribution in [0.5, 0.6) is 5.75 Å². The van der Waals surface area contributed by atoms with E-state index in [0.29, 0.717) is 37.1 Å². The van der Waals surface area contributed by atoms with Crippen LogP contribution >= 0.6 is 0 Å². The van der Waals surface area contributed by atoms with Crippen molar-refractivity contribution in [1.29, 1.82) is 0 Å². The number of ether oxygens (including phenoxy) is 2. The fourth-order valence-electron chi connectivity index (χ4n) is 4.62. The lowest BCUT2D eigenvalue weighted by molar-refractivity contribution is 0.0487. The summed E-state index contributed by atoms with van der Waals surface area (Å²) >= 11 is 0. The van der Waals surface area contributed by atoms with Gasteiger partial charge in [-0.1, -0.05) is 29.8 Å². The molecule has 1 fully saturated rings. The van der Waals surface area contributed by atoms with Crippen LogP contribution in [0.4, 0.5) is 0 Å². The van der Waals surface area contributed by atoms with Gasteiger partial charge >= 0.3 is 0 Å². The van der Waals surface area contributed by atoms with Crippen molar-refractivity contribution in [3.8, 4) is 28.7 Å². The van der Waals surface area contributed by atoms with Crippen molar-refractivity contribution in [2.24, 2.45) is 0 Å². The summed E-state index contributed by atoms with van der Waals surface area (Å²) < 4.78 is 16.8. The molecule has 7 nitrogen and oxygen atoms in total. The van der Waals surface area contributed by atoms with Gasteiger partial charge in [0, 0.05) is 41.9 Å². The van der Waals surface area contributed by atoms with Crippen molar-refractivity contribution < 1.29 is 18.7 Å². The molecular weight excluding hydrogens is 454 g/mol. The molecule has 0 spiro atoms. The molecule has 36 heavy (non-hydrogen) atoms. The molecule has 7 heteroatoms. The highest BCUT2D eigenvalue weighted by atomic mass is 16.5. The average molecular weight is 484 g/mol. The molecule has 0 saturated carbocycles. The molecule has 0 atom stereocenters. The minimum absolute atomic E-state index is 0.119. The molecule has 1 amide bonds. The highest BCUT2D eigenvalue weighted by Gasteiger charge is 2.35. The van der Waals surface area contributed by atoms with E-state index in [9.17, 15) is 4.79 Å². The van der Waals surface area contributed by atoms with Crippen molar-refractivity contribution in [3.05, 3.63) is 89.5 Å². The van der Waals surface area contributed by atoms with Crippen LogP contribution in [0.2, 0.25) is 0 Å². The highest BCUT2D eigenvalue weighted by Crippen LogP contribution is 2.35. The Labute approximate surface area is 210 Å². The molecule has 1 saturated heterocycles.